The molecule has 90 valence electrons. The third-order valence-corrected chi connectivity index (χ3v) is 3.64. The van der Waals surface area contributed by atoms with Crippen molar-refractivity contribution >= 4 is 0 Å². The van der Waals surface area contributed by atoms with E-state index < -0.39 is 0 Å². The third-order valence-electron chi connectivity index (χ3n) is 3.64. The van der Waals surface area contributed by atoms with Crippen molar-refractivity contribution < 1.29 is 0 Å². The molecule has 0 radical (unpaired) electrons. The molecule has 0 spiro atoms. The first-order chi connectivity index (χ1) is 7.27. The zero-order valence-corrected chi connectivity index (χ0v) is 10.5. The SMILES string of the molecule is CCCCCCC(CN)NCC1CC1C. The minimum Gasteiger partial charge on any atom is -0.329 e. The van der Waals surface area contributed by atoms with E-state index in [4.69, 9.17) is 5.73 Å². The van der Waals surface area contributed by atoms with Gasteiger partial charge in [-0.15, -0.1) is 0 Å². The highest BCUT2D eigenvalue weighted by Gasteiger charge is 2.32. The van der Waals surface area contributed by atoms with Gasteiger partial charge in [-0.25, -0.2) is 0 Å². The van der Waals surface area contributed by atoms with Crippen LogP contribution in [-0.4, -0.2) is 19.1 Å². The van der Waals surface area contributed by atoms with Crippen LogP contribution in [0, 0.1) is 11.8 Å². The van der Waals surface area contributed by atoms with E-state index in [2.05, 4.69) is 19.2 Å². The summed E-state index contributed by atoms with van der Waals surface area (Å²) in [6.07, 6.45) is 8.08. The molecule has 2 heteroatoms. The molecule has 3 N–H and O–H groups in total. The Morgan fingerprint density at radius 2 is 2.07 bits per heavy atom. The van der Waals surface area contributed by atoms with E-state index in [0.29, 0.717) is 6.04 Å². The highest BCUT2D eigenvalue weighted by atomic mass is 14.9. The second-order valence-electron chi connectivity index (χ2n) is 5.16. The number of nitrogens with one attached hydrogen (secondary N) is 1. The Bertz CT molecular complexity index is 159. The fourth-order valence-corrected chi connectivity index (χ4v) is 2.12. The second-order valence-corrected chi connectivity index (χ2v) is 5.16. The van der Waals surface area contributed by atoms with Crippen molar-refractivity contribution in [2.24, 2.45) is 17.6 Å². The molecule has 1 aliphatic carbocycles. The lowest BCUT2D eigenvalue weighted by Gasteiger charge is -2.16. The van der Waals surface area contributed by atoms with Crippen molar-refractivity contribution in [3.63, 3.8) is 0 Å². The molecule has 0 aromatic carbocycles. The van der Waals surface area contributed by atoms with E-state index in [0.717, 1.165) is 18.4 Å². The fourth-order valence-electron chi connectivity index (χ4n) is 2.12. The van der Waals surface area contributed by atoms with E-state index in [9.17, 15) is 0 Å². The number of hydrogen-bond acceptors (Lipinski definition) is 2. The standard InChI is InChI=1S/C13H28N2/c1-3-4-5-6-7-13(9-14)15-10-12-8-11(12)2/h11-13,15H,3-10,14H2,1-2H3. The summed E-state index contributed by atoms with van der Waals surface area (Å²) in [5, 5.41) is 3.61. The molecule has 1 rings (SSSR count). The topological polar surface area (TPSA) is 38.0 Å². The summed E-state index contributed by atoms with van der Waals surface area (Å²) in [7, 11) is 0. The van der Waals surface area contributed by atoms with Gasteiger partial charge in [0.2, 0.25) is 0 Å². The molecule has 0 heterocycles. The minimum absolute atomic E-state index is 0.564. The van der Waals surface area contributed by atoms with Gasteiger partial charge in [0.1, 0.15) is 0 Å². The first-order valence-corrected chi connectivity index (χ1v) is 6.71. The monoisotopic (exact) mass is 212 g/mol. The molecule has 3 unspecified atom stereocenters. The van der Waals surface area contributed by atoms with Gasteiger partial charge in [0.05, 0.1) is 0 Å². The highest BCUT2D eigenvalue weighted by molar-refractivity contribution is 4.85. The van der Waals surface area contributed by atoms with Gasteiger partial charge in [0.15, 0.2) is 0 Å². The van der Waals surface area contributed by atoms with Crippen molar-refractivity contribution in [1.29, 1.82) is 0 Å². The maximum Gasteiger partial charge on any atom is 0.0190 e. The van der Waals surface area contributed by atoms with E-state index in [1.165, 1.54) is 45.1 Å². The average Bonchev–Trinajstić information content (AvgIpc) is 2.94. The summed E-state index contributed by atoms with van der Waals surface area (Å²) in [6, 6.07) is 0.564. The number of nitrogens with two attached hydrogens (primary N) is 1. The van der Waals surface area contributed by atoms with Gasteiger partial charge >= 0.3 is 0 Å². The largest absolute Gasteiger partial charge is 0.329 e. The van der Waals surface area contributed by atoms with Crippen LogP contribution in [0.15, 0.2) is 0 Å². The van der Waals surface area contributed by atoms with E-state index in [1.54, 1.807) is 0 Å². The van der Waals surface area contributed by atoms with Gasteiger partial charge in [-0.05, 0) is 31.2 Å². The molecule has 2 nitrogen and oxygen atoms in total. The fraction of sp³-hybridized carbons (Fsp3) is 1.00. The van der Waals surface area contributed by atoms with Crippen molar-refractivity contribution in [2.75, 3.05) is 13.1 Å². The Hall–Kier alpha value is -0.0800. The lowest BCUT2D eigenvalue weighted by Crippen LogP contribution is -2.37. The quantitative estimate of drug-likeness (QED) is 0.576. The Balaban J connectivity index is 1.96. The molecule has 0 bridgehead atoms. The summed E-state index contributed by atoms with van der Waals surface area (Å²) in [5.74, 6) is 1.89. The molecule has 1 saturated carbocycles. The lowest BCUT2D eigenvalue weighted by molar-refractivity contribution is 0.448. The van der Waals surface area contributed by atoms with Crippen LogP contribution in [0.25, 0.3) is 0 Å². The van der Waals surface area contributed by atoms with Crippen molar-refractivity contribution in [3.05, 3.63) is 0 Å². The van der Waals surface area contributed by atoms with Gasteiger partial charge in [-0.3, -0.25) is 0 Å². The Morgan fingerprint density at radius 3 is 2.60 bits per heavy atom. The summed E-state index contributed by atoms with van der Waals surface area (Å²) in [4.78, 5) is 0. The molecular formula is C13H28N2. The van der Waals surface area contributed by atoms with E-state index in [1.807, 2.05) is 0 Å². The van der Waals surface area contributed by atoms with Gasteiger partial charge in [-0.2, -0.15) is 0 Å². The molecule has 0 amide bonds. The molecule has 0 aromatic rings. The van der Waals surface area contributed by atoms with Crippen LogP contribution in [0.2, 0.25) is 0 Å². The number of unbranched alkanes of at least 4 members (excludes halogenated alkanes) is 3. The van der Waals surface area contributed by atoms with E-state index in [-0.39, 0.29) is 0 Å². The normalized spacial score (nSPS) is 26.6. The predicted molar refractivity (Wildman–Crippen MR) is 66.9 cm³/mol. The Labute approximate surface area is 95.0 Å². The summed E-state index contributed by atoms with van der Waals surface area (Å²) >= 11 is 0. The molecule has 1 aliphatic rings. The summed E-state index contributed by atoms with van der Waals surface area (Å²) in [6.45, 7) is 6.59. The zero-order chi connectivity index (χ0) is 11.1. The van der Waals surface area contributed by atoms with Crippen LogP contribution in [0.5, 0.6) is 0 Å². The third kappa shape index (κ3) is 5.53. The molecule has 15 heavy (non-hydrogen) atoms. The maximum atomic E-state index is 5.77. The van der Waals surface area contributed by atoms with E-state index >= 15 is 0 Å². The zero-order valence-electron chi connectivity index (χ0n) is 10.5. The number of hydrogen-bond donors (Lipinski definition) is 2. The molecule has 1 fully saturated rings. The molecular weight excluding hydrogens is 184 g/mol. The average molecular weight is 212 g/mol. The minimum atomic E-state index is 0.564. The van der Waals surface area contributed by atoms with Crippen LogP contribution in [-0.2, 0) is 0 Å². The van der Waals surface area contributed by atoms with Crippen molar-refractivity contribution in [3.8, 4) is 0 Å². The van der Waals surface area contributed by atoms with Crippen LogP contribution >= 0.6 is 0 Å². The van der Waals surface area contributed by atoms with Crippen LogP contribution < -0.4 is 11.1 Å². The number of rotatable bonds is 9. The van der Waals surface area contributed by atoms with Crippen LogP contribution in [0.3, 0.4) is 0 Å². The smallest absolute Gasteiger partial charge is 0.0190 e. The highest BCUT2D eigenvalue weighted by Crippen LogP contribution is 2.36. The van der Waals surface area contributed by atoms with Gasteiger partial charge < -0.3 is 11.1 Å². The molecule has 0 saturated heterocycles. The maximum absolute atomic E-state index is 5.77. The second kappa shape index (κ2) is 7.24. The lowest BCUT2D eigenvalue weighted by atomic mass is 10.1. The Kier molecular flexibility index (Phi) is 6.26. The van der Waals surface area contributed by atoms with Crippen molar-refractivity contribution in [1.82, 2.24) is 5.32 Å². The molecule has 3 atom stereocenters. The molecule has 0 aliphatic heterocycles. The first-order valence-electron chi connectivity index (χ1n) is 6.71. The Morgan fingerprint density at radius 1 is 1.33 bits per heavy atom. The van der Waals surface area contributed by atoms with Crippen LogP contribution in [0.4, 0.5) is 0 Å². The van der Waals surface area contributed by atoms with Gasteiger partial charge in [-0.1, -0.05) is 39.5 Å². The van der Waals surface area contributed by atoms with Gasteiger partial charge in [0.25, 0.3) is 0 Å². The first kappa shape index (κ1) is 13.0. The molecule has 0 aromatic heterocycles. The van der Waals surface area contributed by atoms with Gasteiger partial charge in [0, 0.05) is 12.6 Å². The predicted octanol–water partition coefficient (Wildman–Crippen LogP) is 2.53. The summed E-state index contributed by atoms with van der Waals surface area (Å²) in [5.41, 5.74) is 5.77. The summed E-state index contributed by atoms with van der Waals surface area (Å²) < 4.78 is 0. The van der Waals surface area contributed by atoms with Crippen molar-refractivity contribution in [2.45, 2.75) is 58.4 Å². The van der Waals surface area contributed by atoms with Crippen LogP contribution in [0.1, 0.15) is 52.4 Å².